The molecule has 0 bridgehead atoms. The third-order valence-corrected chi connectivity index (χ3v) is 6.08. The summed E-state index contributed by atoms with van der Waals surface area (Å²) < 4.78 is 0. The normalized spacial score (nSPS) is 22.8. The third kappa shape index (κ3) is 3.05. The van der Waals surface area contributed by atoms with Crippen molar-refractivity contribution in [2.75, 3.05) is 18.9 Å². The Morgan fingerprint density at radius 2 is 2.11 bits per heavy atom. The van der Waals surface area contributed by atoms with Gasteiger partial charge in [-0.05, 0) is 54.9 Å². The van der Waals surface area contributed by atoms with Gasteiger partial charge in [0.2, 0.25) is 0 Å². The number of carbonyl (C=O) groups is 1. The van der Waals surface area contributed by atoms with Crippen molar-refractivity contribution >= 4 is 17.3 Å². The van der Waals surface area contributed by atoms with Gasteiger partial charge in [0.05, 0.1) is 4.92 Å². The van der Waals surface area contributed by atoms with Crippen molar-refractivity contribution in [1.29, 1.82) is 0 Å². The fraction of sp³-hybridized carbons (Fsp3) is 0.381. The predicted molar refractivity (Wildman–Crippen MR) is 104 cm³/mol. The molecule has 1 saturated carbocycles. The van der Waals surface area contributed by atoms with E-state index in [9.17, 15) is 14.9 Å². The molecular weight excluding hydrogens is 342 g/mol. The number of amides is 1. The summed E-state index contributed by atoms with van der Waals surface area (Å²) in [7, 11) is 1.51. The molecule has 2 unspecified atom stereocenters. The lowest BCUT2D eigenvalue weighted by atomic mass is 9.78. The molecule has 0 aliphatic heterocycles. The van der Waals surface area contributed by atoms with Crippen LogP contribution in [-0.4, -0.2) is 24.4 Å². The SMILES string of the molecule is CNC(=O)c1ccc(NCC2CC23CCCc2ccccc23)c([N+](=O)[O-])c1. The monoisotopic (exact) mass is 365 g/mol. The lowest BCUT2D eigenvalue weighted by Gasteiger charge is -2.26. The number of hydrogen-bond acceptors (Lipinski definition) is 4. The second-order valence-electron chi connectivity index (χ2n) is 7.52. The Kier molecular flexibility index (Phi) is 4.34. The van der Waals surface area contributed by atoms with E-state index in [0.29, 0.717) is 23.7 Å². The minimum atomic E-state index is -0.437. The first-order valence-electron chi connectivity index (χ1n) is 9.38. The second-order valence-corrected chi connectivity index (χ2v) is 7.52. The highest BCUT2D eigenvalue weighted by Crippen LogP contribution is 2.60. The Bertz CT molecular complexity index is 911. The number of rotatable bonds is 5. The molecule has 6 nitrogen and oxygen atoms in total. The standard InChI is InChI=1S/C21H23N3O3/c1-22-20(25)15-8-9-18(19(11-15)24(26)27)23-13-16-12-21(16)10-4-6-14-5-2-3-7-17(14)21/h2-3,5,7-9,11,16,23H,4,6,10,12-13H2,1H3,(H,22,25). The van der Waals surface area contributed by atoms with E-state index >= 15 is 0 Å². The fourth-order valence-electron chi connectivity index (χ4n) is 4.59. The molecule has 4 rings (SSSR count). The third-order valence-electron chi connectivity index (χ3n) is 6.08. The van der Waals surface area contributed by atoms with Gasteiger partial charge in [0.25, 0.3) is 11.6 Å². The van der Waals surface area contributed by atoms with E-state index in [1.807, 2.05) is 0 Å². The van der Waals surface area contributed by atoms with Gasteiger partial charge in [0, 0.05) is 30.6 Å². The highest BCUT2D eigenvalue weighted by Gasteiger charge is 2.56. The van der Waals surface area contributed by atoms with E-state index in [0.717, 1.165) is 12.8 Å². The Morgan fingerprint density at radius 3 is 2.89 bits per heavy atom. The molecule has 2 aromatic rings. The number of benzene rings is 2. The van der Waals surface area contributed by atoms with Gasteiger partial charge >= 0.3 is 0 Å². The lowest BCUT2D eigenvalue weighted by Crippen LogP contribution is -2.21. The van der Waals surface area contributed by atoms with Crippen LogP contribution >= 0.6 is 0 Å². The number of nitrogens with one attached hydrogen (secondary N) is 2. The minimum absolute atomic E-state index is 0.0603. The molecule has 27 heavy (non-hydrogen) atoms. The number of anilines is 1. The molecule has 0 saturated heterocycles. The van der Waals surface area contributed by atoms with Gasteiger partial charge in [0.1, 0.15) is 5.69 Å². The van der Waals surface area contributed by atoms with E-state index in [4.69, 9.17) is 0 Å². The Morgan fingerprint density at radius 1 is 1.30 bits per heavy atom. The zero-order valence-corrected chi connectivity index (χ0v) is 15.3. The minimum Gasteiger partial charge on any atom is -0.379 e. The van der Waals surface area contributed by atoms with E-state index < -0.39 is 4.92 Å². The maximum Gasteiger partial charge on any atom is 0.293 e. The van der Waals surface area contributed by atoms with Crippen LogP contribution < -0.4 is 10.6 Å². The van der Waals surface area contributed by atoms with Crippen molar-refractivity contribution in [2.24, 2.45) is 5.92 Å². The van der Waals surface area contributed by atoms with E-state index in [1.165, 1.54) is 37.1 Å². The first-order valence-corrected chi connectivity index (χ1v) is 9.38. The number of carbonyl (C=O) groups excluding carboxylic acids is 1. The quantitative estimate of drug-likeness (QED) is 0.626. The number of fused-ring (bicyclic) bond motifs is 2. The highest BCUT2D eigenvalue weighted by atomic mass is 16.6. The summed E-state index contributed by atoms with van der Waals surface area (Å²) in [5.74, 6) is 0.154. The lowest BCUT2D eigenvalue weighted by molar-refractivity contribution is -0.384. The zero-order chi connectivity index (χ0) is 19.0. The Balaban J connectivity index is 1.51. The highest BCUT2D eigenvalue weighted by molar-refractivity contribution is 5.95. The molecule has 2 aliphatic rings. The van der Waals surface area contributed by atoms with Crippen LogP contribution in [0, 0.1) is 16.0 Å². The summed E-state index contributed by atoms with van der Waals surface area (Å²) in [6.45, 7) is 0.703. The second kappa shape index (κ2) is 6.68. The summed E-state index contributed by atoms with van der Waals surface area (Å²) in [6.07, 6.45) is 4.66. The smallest absolute Gasteiger partial charge is 0.293 e. The van der Waals surface area contributed by atoms with Crippen molar-refractivity contribution < 1.29 is 9.72 Å². The molecular formula is C21H23N3O3. The van der Waals surface area contributed by atoms with Gasteiger partial charge in [-0.25, -0.2) is 0 Å². The molecule has 0 aromatic heterocycles. The summed E-state index contributed by atoms with van der Waals surface area (Å²) >= 11 is 0. The summed E-state index contributed by atoms with van der Waals surface area (Å²) in [5, 5.41) is 17.2. The fourth-order valence-corrected chi connectivity index (χ4v) is 4.59. The van der Waals surface area contributed by atoms with Crippen LogP contribution in [0.25, 0.3) is 0 Å². The maximum atomic E-state index is 11.7. The Labute approximate surface area is 158 Å². The number of hydrogen-bond donors (Lipinski definition) is 2. The first-order chi connectivity index (χ1) is 13.0. The summed E-state index contributed by atoms with van der Waals surface area (Å²) in [5.41, 5.74) is 3.85. The van der Waals surface area contributed by atoms with Crippen LogP contribution in [0.2, 0.25) is 0 Å². The van der Waals surface area contributed by atoms with E-state index in [2.05, 4.69) is 34.9 Å². The average molecular weight is 365 g/mol. The molecule has 0 radical (unpaired) electrons. The molecule has 1 fully saturated rings. The molecule has 6 heteroatoms. The molecule has 2 atom stereocenters. The average Bonchev–Trinajstić information content (AvgIpc) is 3.38. The maximum absolute atomic E-state index is 11.7. The number of nitro benzene ring substituents is 1. The van der Waals surface area contributed by atoms with Gasteiger partial charge in [-0.15, -0.1) is 0 Å². The predicted octanol–water partition coefficient (Wildman–Crippen LogP) is 3.66. The topological polar surface area (TPSA) is 84.3 Å². The number of nitrogens with zero attached hydrogens (tertiary/aromatic N) is 1. The van der Waals surface area contributed by atoms with Crippen LogP contribution in [0.1, 0.15) is 40.7 Å². The van der Waals surface area contributed by atoms with Crippen LogP contribution in [0.3, 0.4) is 0 Å². The molecule has 2 aromatic carbocycles. The van der Waals surface area contributed by atoms with Crippen molar-refractivity contribution in [2.45, 2.75) is 31.1 Å². The van der Waals surface area contributed by atoms with Gasteiger partial charge in [-0.1, -0.05) is 24.3 Å². The van der Waals surface area contributed by atoms with Crippen LogP contribution in [0.5, 0.6) is 0 Å². The Hall–Kier alpha value is -2.89. The van der Waals surface area contributed by atoms with Gasteiger partial charge in [0.15, 0.2) is 0 Å². The number of nitro groups is 1. The van der Waals surface area contributed by atoms with Crippen molar-refractivity contribution in [3.8, 4) is 0 Å². The van der Waals surface area contributed by atoms with E-state index in [-0.39, 0.29) is 17.0 Å². The zero-order valence-electron chi connectivity index (χ0n) is 15.3. The van der Waals surface area contributed by atoms with Gasteiger partial charge < -0.3 is 10.6 Å². The summed E-state index contributed by atoms with van der Waals surface area (Å²) in [4.78, 5) is 22.7. The molecule has 2 N–H and O–H groups in total. The molecule has 2 aliphatic carbocycles. The first kappa shape index (κ1) is 17.5. The molecule has 1 amide bonds. The molecule has 0 heterocycles. The van der Waals surface area contributed by atoms with Gasteiger partial charge in [-0.3, -0.25) is 14.9 Å². The summed E-state index contributed by atoms with van der Waals surface area (Å²) in [6, 6.07) is 13.3. The largest absolute Gasteiger partial charge is 0.379 e. The van der Waals surface area contributed by atoms with Crippen molar-refractivity contribution in [3.05, 3.63) is 69.3 Å². The van der Waals surface area contributed by atoms with Crippen molar-refractivity contribution in [3.63, 3.8) is 0 Å². The van der Waals surface area contributed by atoms with Crippen LogP contribution in [0.4, 0.5) is 11.4 Å². The van der Waals surface area contributed by atoms with Crippen LogP contribution in [0.15, 0.2) is 42.5 Å². The molecule has 140 valence electrons. The molecule has 1 spiro atoms. The van der Waals surface area contributed by atoms with Crippen molar-refractivity contribution in [1.82, 2.24) is 5.32 Å². The van der Waals surface area contributed by atoms with E-state index in [1.54, 1.807) is 12.1 Å². The van der Waals surface area contributed by atoms with Gasteiger partial charge in [-0.2, -0.15) is 0 Å². The number of aryl methyl sites for hydroxylation is 1. The van der Waals surface area contributed by atoms with Crippen LogP contribution in [-0.2, 0) is 11.8 Å².